The number of hydrogen-bond donors (Lipinski definition) is 2. The molecule has 2 heterocycles. The number of benzene rings is 1. The van der Waals surface area contributed by atoms with Gasteiger partial charge in [0.2, 0.25) is 0 Å². The highest BCUT2D eigenvalue weighted by atomic mass is 35.5. The maximum absolute atomic E-state index is 13.0. The average molecular weight is 653 g/mol. The number of nitrogens with two attached hydrogens (primary N) is 1. The zero-order chi connectivity index (χ0) is 29.6. The molecule has 226 valence electrons. The SMILES string of the molecule is Cl.NCC1(c2nc(C(F)(F)F)cs2)CC1.O=C(NCC1(c2nc(C(F)(F)F)cs2)CC1)c1ccccc1C(F)(F)F. The third kappa shape index (κ3) is 7.51. The molecule has 3 N–H and O–H groups in total. The highest BCUT2D eigenvalue weighted by Gasteiger charge is 2.49. The third-order valence-corrected chi connectivity index (χ3v) is 8.84. The van der Waals surface area contributed by atoms with Gasteiger partial charge in [-0.2, -0.15) is 39.5 Å². The van der Waals surface area contributed by atoms with Crippen LogP contribution in [0.1, 0.15) is 63.0 Å². The molecule has 0 saturated heterocycles. The minimum Gasteiger partial charge on any atom is -0.351 e. The van der Waals surface area contributed by atoms with Crippen molar-refractivity contribution in [2.24, 2.45) is 5.73 Å². The lowest BCUT2D eigenvalue weighted by Crippen LogP contribution is -2.33. The van der Waals surface area contributed by atoms with Gasteiger partial charge in [0, 0.05) is 34.7 Å². The van der Waals surface area contributed by atoms with E-state index in [0.717, 1.165) is 58.4 Å². The standard InChI is InChI=1S/C16H12F6N2OS.C8H9F3N2S.ClH/c17-15(18,19)10-4-2-1-3-9(10)12(25)23-8-14(5-6-14)13-24-11(7-26-13)16(20,21)22;9-8(10,11)5-3-14-6(13-5)7(4-12)1-2-7;/h1-4,7H,5-6,8H2,(H,23,25);3H,1-2,4,12H2;1H. The van der Waals surface area contributed by atoms with Crippen LogP contribution in [-0.4, -0.2) is 29.0 Å². The van der Waals surface area contributed by atoms with E-state index in [1.54, 1.807) is 0 Å². The summed E-state index contributed by atoms with van der Waals surface area (Å²) in [7, 11) is 0. The summed E-state index contributed by atoms with van der Waals surface area (Å²) in [5, 5.41) is 5.13. The minimum atomic E-state index is -4.68. The van der Waals surface area contributed by atoms with Crippen LogP contribution in [0.15, 0.2) is 35.0 Å². The zero-order valence-corrected chi connectivity index (χ0v) is 23.2. The van der Waals surface area contributed by atoms with Crippen LogP contribution < -0.4 is 11.1 Å². The summed E-state index contributed by atoms with van der Waals surface area (Å²) >= 11 is 1.90. The van der Waals surface area contributed by atoms with Gasteiger partial charge in [-0.25, -0.2) is 9.97 Å². The molecule has 0 aliphatic heterocycles. The van der Waals surface area contributed by atoms with Crippen molar-refractivity contribution in [3.63, 3.8) is 0 Å². The Bertz CT molecular complexity index is 1360. The van der Waals surface area contributed by atoms with Gasteiger partial charge in [0.05, 0.1) is 11.1 Å². The lowest BCUT2D eigenvalue weighted by Gasteiger charge is -2.16. The minimum absolute atomic E-state index is 0. The molecule has 5 rings (SSSR count). The van der Waals surface area contributed by atoms with Crippen molar-refractivity contribution in [3.8, 4) is 0 Å². The maximum Gasteiger partial charge on any atom is 0.434 e. The van der Waals surface area contributed by atoms with Crippen molar-refractivity contribution in [1.82, 2.24) is 15.3 Å². The van der Waals surface area contributed by atoms with Crippen molar-refractivity contribution in [1.29, 1.82) is 0 Å². The van der Waals surface area contributed by atoms with Crippen LogP contribution in [0.4, 0.5) is 39.5 Å². The number of hydrogen-bond acceptors (Lipinski definition) is 6. The molecule has 41 heavy (non-hydrogen) atoms. The molecule has 2 saturated carbocycles. The van der Waals surface area contributed by atoms with Crippen molar-refractivity contribution in [2.75, 3.05) is 13.1 Å². The fraction of sp³-hybridized carbons (Fsp3) is 0.458. The molecule has 3 aromatic rings. The van der Waals surface area contributed by atoms with Crippen molar-refractivity contribution in [3.05, 3.63) is 67.6 Å². The van der Waals surface area contributed by atoms with Crippen LogP contribution in [-0.2, 0) is 29.4 Å². The molecule has 0 spiro atoms. The molecule has 2 aliphatic rings. The second kappa shape index (κ2) is 11.7. The van der Waals surface area contributed by atoms with Crippen molar-refractivity contribution < 1.29 is 44.3 Å². The molecule has 2 fully saturated rings. The Morgan fingerprint density at radius 3 is 1.66 bits per heavy atom. The molecule has 1 aromatic carbocycles. The Morgan fingerprint density at radius 1 is 0.805 bits per heavy atom. The van der Waals surface area contributed by atoms with Crippen molar-refractivity contribution in [2.45, 2.75) is 55.0 Å². The number of amides is 1. The normalized spacial score (nSPS) is 17.1. The average Bonchev–Trinajstić information content (AvgIpc) is 3.72. The lowest BCUT2D eigenvalue weighted by atomic mass is 10.1. The summed E-state index contributed by atoms with van der Waals surface area (Å²) in [6.45, 7) is 0.320. The number of carbonyl (C=O) groups excluding carboxylic acids is 1. The Kier molecular flexibility index (Phi) is 9.43. The molecule has 17 heteroatoms. The Labute approximate surface area is 241 Å². The number of aromatic nitrogens is 2. The predicted molar refractivity (Wildman–Crippen MR) is 136 cm³/mol. The van der Waals surface area contributed by atoms with Gasteiger partial charge in [-0.3, -0.25) is 4.79 Å². The van der Waals surface area contributed by atoms with Gasteiger partial charge >= 0.3 is 18.5 Å². The van der Waals surface area contributed by atoms with Crippen molar-refractivity contribution >= 4 is 41.0 Å². The van der Waals surface area contributed by atoms with Gasteiger partial charge in [0.1, 0.15) is 10.0 Å². The van der Waals surface area contributed by atoms with Gasteiger partial charge in [-0.15, -0.1) is 35.1 Å². The first kappa shape index (κ1) is 33.1. The summed E-state index contributed by atoms with van der Waals surface area (Å²) in [5.41, 5.74) is 1.15. The van der Waals surface area contributed by atoms with Crippen LogP contribution in [0.2, 0.25) is 0 Å². The first-order chi connectivity index (χ1) is 18.5. The van der Waals surface area contributed by atoms with Crippen LogP contribution in [0.5, 0.6) is 0 Å². The molecule has 0 radical (unpaired) electrons. The number of alkyl halides is 9. The topological polar surface area (TPSA) is 80.9 Å². The fourth-order valence-corrected chi connectivity index (χ4v) is 6.03. The van der Waals surface area contributed by atoms with Gasteiger partial charge < -0.3 is 11.1 Å². The Balaban J connectivity index is 0.000000260. The van der Waals surface area contributed by atoms with E-state index in [4.69, 9.17) is 5.73 Å². The van der Waals surface area contributed by atoms with E-state index in [1.165, 1.54) is 12.1 Å². The summed E-state index contributed by atoms with van der Waals surface area (Å²) in [6, 6.07) is 4.35. The van der Waals surface area contributed by atoms with Crippen LogP contribution in [0, 0.1) is 0 Å². The highest BCUT2D eigenvalue weighted by molar-refractivity contribution is 7.10. The molecular weight excluding hydrogens is 631 g/mol. The molecule has 2 aromatic heterocycles. The molecule has 1 amide bonds. The van der Waals surface area contributed by atoms with E-state index >= 15 is 0 Å². The van der Waals surface area contributed by atoms with E-state index in [9.17, 15) is 44.3 Å². The molecule has 2 aliphatic carbocycles. The summed E-state index contributed by atoms with van der Waals surface area (Å²) in [6.07, 6.45) is -10.8. The van der Waals surface area contributed by atoms with E-state index in [1.807, 2.05) is 0 Å². The molecular formula is C24H22ClF9N4OS2. The van der Waals surface area contributed by atoms with E-state index in [2.05, 4.69) is 15.3 Å². The Hall–Kier alpha value is -2.43. The second-order valence-electron chi connectivity index (χ2n) is 9.56. The number of nitrogens with one attached hydrogen (secondary N) is 1. The predicted octanol–water partition coefficient (Wildman–Crippen LogP) is 7.22. The van der Waals surface area contributed by atoms with E-state index in [0.29, 0.717) is 24.4 Å². The number of rotatable bonds is 6. The first-order valence-corrected chi connectivity index (χ1v) is 13.5. The van der Waals surface area contributed by atoms with Gasteiger partial charge in [-0.1, -0.05) is 12.1 Å². The molecule has 0 bridgehead atoms. The maximum atomic E-state index is 13.0. The largest absolute Gasteiger partial charge is 0.434 e. The molecule has 0 unspecified atom stereocenters. The monoisotopic (exact) mass is 652 g/mol. The fourth-order valence-electron chi connectivity index (χ4n) is 3.84. The number of thiazole rings is 2. The van der Waals surface area contributed by atoms with Gasteiger partial charge in [0.15, 0.2) is 11.4 Å². The van der Waals surface area contributed by atoms with Crippen LogP contribution in [0.25, 0.3) is 0 Å². The summed E-state index contributed by atoms with van der Waals surface area (Å²) < 4.78 is 114. The smallest absolute Gasteiger partial charge is 0.351 e. The first-order valence-electron chi connectivity index (χ1n) is 11.7. The quantitative estimate of drug-likeness (QED) is 0.276. The van der Waals surface area contributed by atoms with Gasteiger partial charge in [0.25, 0.3) is 5.91 Å². The lowest BCUT2D eigenvalue weighted by molar-refractivity contribution is -0.141. The number of carbonyl (C=O) groups is 1. The third-order valence-electron chi connectivity index (χ3n) is 6.66. The van der Waals surface area contributed by atoms with E-state index < -0.39 is 52.4 Å². The van der Waals surface area contributed by atoms with Crippen LogP contribution >= 0.6 is 35.1 Å². The van der Waals surface area contributed by atoms with Crippen LogP contribution in [0.3, 0.4) is 0 Å². The Morgan fingerprint density at radius 2 is 1.27 bits per heavy atom. The number of nitrogens with zero attached hydrogens (tertiary/aromatic N) is 2. The van der Waals surface area contributed by atoms with E-state index in [-0.39, 0.29) is 29.4 Å². The zero-order valence-electron chi connectivity index (χ0n) is 20.7. The number of halogens is 10. The second-order valence-corrected chi connectivity index (χ2v) is 11.3. The highest BCUT2D eigenvalue weighted by Crippen LogP contribution is 2.50. The molecule has 0 atom stereocenters. The summed E-state index contributed by atoms with van der Waals surface area (Å²) in [5.74, 6) is -0.920. The van der Waals surface area contributed by atoms with Gasteiger partial charge in [-0.05, 0) is 37.8 Å². The molecule has 5 nitrogen and oxygen atoms in total. The summed E-state index contributed by atoms with van der Waals surface area (Å²) in [4.78, 5) is 19.4.